The SMILES string of the molecule is C=C(C)C(=O)OCCCc1c(C)cc(C(=O)O)c(-c2ccc(Oc3ccccc3)cc2)c1C(=O)O. The van der Waals surface area contributed by atoms with Gasteiger partial charge in [-0.2, -0.15) is 0 Å². The number of carboxylic acids is 2. The standard InChI is InChI=1S/C28H26O7/c1-17(2)28(33)34-15-7-10-22-18(3)16-23(26(29)30)24(25(22)27(31)32)19-11-13-21(14-12-19)35-20-8-5-4-6-9-20/h4-6,8-9,11-14,16H,1,7,10,15H2,2-3H3,(H,29,30)(H,31,32). The zero-order valence-electron chi connectivity index (χ0n) is 19.5. The van der Waals surface area contributed by atoms with E-state index in [4.69, 9.17) is 9.47 Å². The van der Waals surface area contributed by atoms with Gasteiger partial charge >= 0.3 is 17.9 Å². The number of para-hydroxylation sites is 1. The molecule has 0 atom stereocenters. The quantitative estimate of drug-likeness (QED) is 0.214. The number of hydrogen-bond acceptors (Lipinski definition) is 5. The van der Waals surface area contributed by atoms with Crippen molar-refractivity contribution in [2.24, 2.45) is 0 Å². The molecule has 3 aromatic carbocycles. The Labute approximate surface area is 203 Å². The number of benzene rings is 3. The molecule has 2 N–H and O–H groups in total. The molecular formula is C28H26O7. The van der Waals surface area contributed by atoms with Crippen molar-refractivity contribution in [2.45, 2.75) is 26.7 Å². The van der Waals surface area contributed by atoms with E-state index in [1.165, 1.54) is 6.07 Å². The molecule has 0 heterocycles. The molecule has 3 rings (SSSR count). The maximum absolute atomic E-state index is 12.4. The second-order valence-corrected chi connectivity index (χ2v) is 8.04. The van der Waals surface area contributed by atoms with Crippen LogP contribution in [0.1, 0.15) is 45.2 Å². The van der Waals surface area contributed by atoms with E-state index in [0.717, 1.165) is 0 Å². The van der Waals surface area contributed by atoms with Crippen molar-refractivity contribution in [3.05, 3.63) is 95.1 Å². The first-order chi connectivity index (χ1) is 16.7. The van der Waals surface area contributed by atoms with E-state index in [9.17, 15) is 24.6 Å². The molecule has 7 nitrogen and oxygen atoms in total. The van der Waals surface area contributed by atoms with Crippen molar-refractivity contribution in [2.75, 3.05) is 6.61 Å². The van der Waals surface area contributed by atoms with Gasteiger partial charge in [-0.1, -0.05) is 36.9 Å². The highest BCUT2D eigenvalue weighted by atomic mass is 16.5. The van der Waals surface area contributed by atoms with Crippen molar-refractivity contribution >= 4 is 17.9 Å². The second-order valence-electron chi connectivity index (χ2n) is 8.04. The Balaban J connectivity index is 1.98. The number of carboxylic acid groups (broad SMARTS) is 2. The van der Waals surface area contributed by atoms with Crippen LogP contribution in [0.2, 0.25) is 0 Å². The third-order valence-corrected chi connectivity index (χ3v) is 5.38. The molecule has 0 radical (unpaired) electrons. The molecule has 0 aliphatic carbocycles. The maximum Gasteiger partial charge on any atom is 0.336 e. The van der Waals surface area contributed by atoms with Gasteiger partial charge in [-0.05, 0) is 73.7 Å². The van der Waals surface area contributed by atoms with Crippen LogP contribution in [-0.4, -0.2) is 34.7 Å². The van der Waals surface area contributed by atoms with E-state index in [0.29, 0.717) is 41.0 Å². The van der Waals surface area contributed by atoms with Gasteiger partial charge in [-0.3, -0.25) is 0 Å². The predicted octanol–water partition coefficient (Wildman–Crippen LogP) is 5.90. The number of carbonyl (C=O) groups excluding carboxylic acids is 1. The number of rotatable bonds is 10. The average molecular weight is 475 g/mol. The number of hydrogen-bond donors (Lipinski definition) is 2. The molecule has 0 saturated carbocycles. The highest BCUT2D eigenvalue weighted by Crippen LogP contribution is 2.35. The summed E-state index contributed by atoms with van der Waals surface area (Å²) in [5, 5.41) is 19.9. The third-order valence-electron chi connectivity index (χ3n) is 5.38. The van der Waals surface area contributed by atoms with Gasteiger partial charge in [0.15, 0.2) is 0 Å². The normalized spacial score (nSPS) is 10.5. The first-order valence-electron chi connectivity index (χ1n) is 11.0. The molecule has 0 amide bonds. The minimum absolute atomic E-state index is 0.0784. The zero-order valence-corrected chi connectivity index (χ0v) is 19.5. The molecule has 0 unspecified atom stereocenters. The van der Waals surface area contributed by atoms with Crippen molar-refractivity contribution in [1.82, 2.24) is 0 Å². The number of aromatic carboxylic acids is 2. The summed E-state index contributed by atoms with van der Waals surface area (Å²) in [4.78, 5) is 36.0. The molecule has 0 aliphatic rings. The molecule has 0 bridgehead atoms. The van der Waals surface area contributed by atoms with E-state index < -0.39 is 17.9 Å². The molecule has 180 valence electrons. The fraction of sp³-hybridized carbons (Fsp3) is 0.179. The summed E-state index contributed by atoms with van der Waals surface area (Å²) < 4.78 is 10.9. The van der Waals surface area contributed by atoms with Gasteiger partial charge < -0.3 is 19.7 Å². The summed E-state index contributed by atoms with van der Waals surface area (Å²) in [6.07, 6.45) is 0.662. The van der Waals surface area contributed by atoms with Crippen LogP contribution in [0.3, 0.4) is 0 Å². The summed E-state index contributed by atoms with van der Waals surface area (Å²) in [5.74, 6) is -1.80. The maximum atomic E-state index is 12.4. The molecule has 35 heavy (non-hydrogen) atoms. The van der Waals surface area contributed by atoms with Crippen molar-refractivity contribution in [3.63, 3.8) is 0 Å². The Morgan fingerprint density at radius 2 is 1.54 bits per heavy atom. The molecule has 3 aromatic rings. The first-order valence-corrected chi connectivity index (χ1v) is 11.0. The van der Waals surface area contributed by atoms with Crippen LogP contribution in [0, 0.1) is 6.92 Å². The molecular weight excluding hydrogens is 448 g/mol. The molecule has 0 spiro atoms. The molecule has 0 aliphatic heterocycles. The highest BCUT2D eigenvalue weighted by molar-refractivity contribution is 6.06. The highest BCUT2D eigenvalue weighted by Gasteiger charge is 2.25. The van der Waals surface area contributed by atoms with Crippen LogP contribution >= 0.6 is 0 Å². The summed E-state index contributed by atoms with van der Waals surface area (Å²) in [6, 6.07) is 17.2. The third kappa shape index (κ3) is 6.14. The summed E-state index contributed by atoms with van der Waals surface area (Å²) in [6.45, 7) is 6.84. The summed E-state index contributed by atoms with van der Waals surface area (Å²) >= 11 is 0. The largest absolute Gasteiger partial charge is 0.478 e. The molecule has 0 saturated heterocycles. The Hall–Kier alpha value is -4.39. The Morgan fingerprint density at radius 3 is 2.11 bits per heavy atom. The van der Waals surface area contributed by atoms with Gasteiger partial charge in [0.25, 0.3) is 0 Å². The van der Waals surface area contributed by atoms with Crippen LogP contribution in [0.15, 0.2) is 72.8 Å². The number of carbonyl (C=O) groups is 3. The Kier molecular flexibility index (Phi) is 8.04. The monoisotopic (exact) mass is 474 g/mol. The second kappa shape index (κ2) is 11.2. The van der Waals surface area contributed by atoms with Gasteiger partial charge in [0.05, 0.1) is 17.7 Å². The molecule has 7 heteroatoms. The van der Waals surface area contributed by atoms with Gasteiger partial charge in [-0.25, -0.2) is 14.4 Å². The van der Waals surface area contributed by atoms with Crippen LogP contribution in [0.4, 0.5) is 0 Å². The van der Waals surface area contributed by atoms with Gasteiger partial charge in [-0.15, -0.1) is 0 Å². The lowest BCUT2D eigenvalue weighted by molar-refractivity contribution is -0.139. The summed E-state index contributed by atoms with van der Waals surface area (Å²) in [5.41, 5.74) is 1.69. The van der Waals surface area contributed by atoms with E-state index in [-0.39, 0.29) is 28.9 Å². The fourth-order valence-corrected chi connectivity index (χ4v) is 3.74. The van der Waals surface area contributed by atoms with Crippen LogP contribution in [0.5, 0.6) is 11.5 Å². The number of esters is 1. The Morgan fingerprint density at radius 1 is 0.914 bits per heavy atom. The number of aryl methyl sites for hydroxylation is 1. The van der Waals surface area contributed by atoms with Crippen LogP contribution in [0.25, 0.3) is 11.1 Å². The van der Waals surface area contributed by atoms with Gasteiger partial charge in [0.1, 0.15) is 11.5 Å². The topological polar surface area (TPSA) is 110 Å². The van der Waals surface area contributed by atoms with Crippen molar-refractivity contribution in [1.29, 1.82) is 0 Å². The lowest BCUT2D eigenvalue weighted by Gasteiger charge is -2.18. The van der Waals surface area contributed by atoms with E-state index in [1.807, 2.05) is 18.2 Å². The predicted molar refractivity (Wildman–Crippen MR) is 131 cm³/mol. The van der Waals surface area contributed by atoms with E-state index in [2.05, 4.69) is 6.58 Å². The van der Waals surface area contributed by atoms with Crippen LogP contribution in [-0.2, 0) is 16.0 Å². The minimum atomic E-state index is -1.23. The Bertz CT molecular complexity index is 1260. The van der Waals surface area contributed by atoms with Gasteiger partial charge in [0, 0.05) is 11.1 Å². The van der Waals surface area contributed by atoms with E-state index >= 15 is 0 Å². The molecule has 0 aromatic heterocycles. The lowest BCUT2D eigenvalue weighted by atomic mass is 9.86. The lowest BCUT2D eigenvalue weighted by Crippen LogP contribution is -2.14. The van der Waals surface area contributed by atoms with Crippen molar-refractivity contribution in [3.8, 4) is 22.6 Å². The smallest absolute Gasteiger partial charge is 0.336 e. The fourth-order valence-electron chi connectivity index (χ4n) is 3.74. The first kappa shape index (κ1) is 25.2. The minimum Gasteiger partial charge on any atom is -0.478 e. The number of ether oxygens (including phenoxy) is 2. The van der Waals surface area contributed by atoms with Crippen LogP contribution < -0.4 is 4.74 Å². The average Bonchev–Trinajstić information content (AvgIpc) is 2.82. The molecule has 0 fully saturated rings. The van der Waals surface area contributed by atoms with Gasteiger partial charge in [0.2, 0.25) is 0 Å². The summed E-state index contributed by atoms with van der Waals surface area (Å²) in [7, 11) is 0. The van der Waals surface area contributed by atoms with E-state index in [1.54, 1.807) is 50.2 Å². The zero-order chi connectivity index (χ0) is 25.5. The van der Waals surface area contributed by atoms with Crippen molar-refractivity contribution < 1.29 is 34.1 Å².